The second-order valence-corrected chi connectivity index (χ2v) is 2.17. The first-order chi connectivity index (χ1) is 2.00. The summed E-state index contributed by atoms with van der Waals surface area (Å²) >= 11 is 0. The topological polar surface area (TPSA) is 51.7 Å². The maximum atomic E-state index is 8.52. The van der Waals surface area contributed by atoms with E-state index in [0.29, 0.717) is 0 Å². The van der Waals surface area contributed by atoms with Gasteiger partial charge in [0.25, 0.3) is 0 Å². The maximum Gasteiger partial charge on any atom is 2.00 e. The van der Waals surface area contributed by atoms with Gasteiger partial charge in [0.1, 0.15) is 0 Å². The first-order valence-electron chi connectivity index (χ1n) is 1.72. The minimum Gasteiger partial charge on any atom is -1.00 e. The Balaban J connectivity index is -0.00000000381. The quantitative estimate of drug-likeness (QED) is 0.582. The monoisotopic (exact) mass is 372 g/mol. The molecule has 0 aliphatic heterocycles. The summed E-state index contributed by atoms with van der Waals surface area (Å²) in [6.07, 6.45) is 0. The van der Waals surface area contributed by atoms with E-state index in [-0.39, 0.29) is 109 Å². The van der Waals surface area contributed by atoms with Crippen molar-refractivity contribution in [1.82, 2.24) is 0 Å². The van der Waals surface area contributed by atoms with Gasteiger partial charge < -0.3 is 16.3 Å². The summed E-state index contributed by atoms with van der Waals surface area (Å²) in [5.74, 6) is 0. The molecule has 0 spiro atoms. The molecule has 0 saturated heterocycles. The van der Waals surface area contributed by atoms with Crippen LogP contribution in [0.2, 0.25) is 0 Å². The largest absolute Gasteiger partial charge is 2.00 e. The molecule has 0 aromatic heterocycles. The molecule has 0 radical (unpaired) electrons. The summed E-state index contributed by atoms with van der Waals surface area (Å²) in [6, 6.07) is 0. The number of hydrogen-bond donors (Lipinski definition) is 1. The van der Waals surface area contributed by atoms with Gasteiger partial charge in [0, 0.05) is 0 Å². The maximum absolute atomic E-state index is 8.52. The summed E-state index contributed by atoms with van der Waals surface area (Å²) in [5, 5.41) is 8.52. The van der Waals surface area contributed by atoms with E-state index < -0.39 is 5.60 Å². The smallest absolute Gasteiger partial charge is 1.00 e. The second kappa shape index (κ2) is 10.1. The zero-order chi connectivity index (χ0) is 4.50. The van der Waals surface area contributed by atoms with Gasteiger partial charge in [-0.2, -0.15) is 0 Å². The van der Waals surface area contributed by atoms with E-state index >= 15 is 0 Å². The van der Waals surface area contributed by atoms with Crippen LogP contribution in [0.4, 0.5) is 0 Å². The molecule has 4 heteroatoms. The van der Waals surface area contributed by atoms with Crippen molar-refractivity contribution in [3.05, 3.63) is 0 Å². The summed E-state index contributed by atoms with van der Waals surface area (Å²) in [4.78, 5) is 0. The third-order valence-electron chi connectivity index (χ3n) is 0. The van der Waals surface area contributed by atoms with Crippen LogP contribution in [0.15, 0.2) is 0 Å². The van der Waals surface area contributed by atoms with Crippen LogP contribution in [0.3, 0.4) is 0 Å². The first kappa shape index (κ1) is 22.5. The Morgan fingerprint density at radius 3 is 1.12 bits per heavy atom. The predicted molar refractivity (Wildman–Crippen MR) is 41.5 cm³/mol. The average molecular weight is 371 g/mol. The van der Waals surface area contributed by atoms with Crippen molar-refractivity contribution in [2.75, 3.05) is 0 Å². The van der Waals surface area contributed by atoms with Gasteiger partial charge in [-0.3, -0.25) is 0 Å². The first-order valence-corrected chi connectivity index (χ1v) is 1.72. The van der Waals surface area contributed by atoms with Gasteiger partial charge in [0.05, 0.1) is 5.60 Å². The SMILES string of the molecule is CC(C)(C)O.O.[Ba+2].[Ba+2].[H-].[H-].[H-].[H-]. The van der Waals surface area contributed by atoms with Crippen molar-refractivity contribution >= 4 is 97.8 Å². The average Bonchev–Trinajstić information content (AvgIpc) is 0.722. The number of rotatable bonds is 0. The van der Waals surface area contributed by atoms with Crippen molar-refractivity contribution in [3.63, 3.8) is 0 Å². The Kier molecular flexibility index (Phi) is 28.2. The van der Waals surface area contributed by atoms with E-state index in [0.717, 1.165) is 0 Å². The summed E-state index contributed by atoms with van der Waals surface area (Å²) < 4.78 is 0. The van der Waals surface area contributed by atoms with Gasteiger partial charge in [-0.15, -0.1) is 0 Å². The Labute approximate surface area is 137 Å². The van der Waals surface area contributed by atoms with E-state index in [1.54, 1.807) is 20.8 Å². The zero-order valence-electron chi connectivity index (χ0n) is 9.86. The van der Waals surface area contributed by atoms with E-state index in [9.17, 15) is 0 Å². The van der Waals surface area contributed by atoms with Crippen LogP contribution in [-0.2, 0) is 0 Å². The molecule has 0 aromatic rings. The Bertz CT molecular complexity index is 38.5. The Hall–Kier alpha value is 3.06. The van der Waals surface area contributed by atoms with Crippen molar-refractivity contribution in [1.29, 1.82) is 0 Å². The Morgan fingerprint density at radius 2 is 1.12 bits per heavy atom. The minimum atomic E-state index is -0.500. The second-order valence-electron chi connectivity index (χ2n) is 2.17. The molecule has 48 valence electrons. The number of aliphatic hydroxyl groups is 1. The molecule has 0 saturated carbocycles. The third kappa shape index (κ3) is 62.8. The molecule has 0 aliphatic carbocycles. The molecule has 0 fully saturated rings. The molecule has 3 N–H and O–H groups in total. The fraction of sp³-hybridized carbons (Fsp3) is 1.00. The van der Waals surface area contributed by atoms with Crippen LogP contribution in [-0.4, -0.2) is 114 Å². The molecule has 8 heavy (non-hydrogen) atoms. The zero-order valence-corrected chi connectivity index (χ0v) is 14.7. The molecule has 0 bridgehead atoms. The molecule has 0 heterocycles. The summed E-state index contributed by atoms with van der Waals surface area (Å²) in [6.45, 7) is 5.23. The van der Waals surface area contributed by atoms with E-state index in [2.05, 4.69) is 0 Å². The van der Waals surface area contributed by atoms with Crippen molar-refractivity contribution in [3.8, 4) is 0 Å². The van der Waals surface area contributed by atoms with Crippen molar-refractivity contribution in [2.45, 2.75) is 26.4 Å². The molecule has 0 atom stereocenters. The standard InChI is InChI=1S/C4H10O.2Ba.H2O.4H/c1-4(2,3)5;;;;;;;/h5H,1-3H3;;;1H2;;;;/q;2*+2;;4*-1. The molecule has 0 rings (SSSR count). The van der Waals surface area contributed by atoms with Gasteiger partial charge in [0.15, 0.2) is 0 Å². The van der Waals surface area contributed by atoms with Crippen LogP contribution < -0.4 is 0 Å². The van der Waals surface area contributed by atoms with E-state index in [1.807, 2.05) is 0 Å². The molecule has 0 amide bonds. The van der Waals surface area contributed by atoms with Crippen LogP contribution in [0.5, 0.6) is 0 Å². The van der Waals surface area contributed by atoms with Crippen LogP contribution >= 0.6 is 0 Å². The number of hydrogen-bond acceptors (Lipinski definition) is 1. The van der Waals surface area contributed by atoms with Crippen LogP contribution in [0.1, 0.15) is 26.5 Å². The van der Waals surface area contributed by atoms with Crippen LogP contribution in [0.25, 0.3) is 0 Å². The summed E-state index contributed by atoms with van der Waals surface area (Å²) in [5.41, 5.74) is -0.500. The summed E-state index contributed by atoms with van der Waals surface area (Å²) in [7, 11) is 0. The van der Waals surface area contributed by atoms with E-state index in [4.69, 9.17) is 5.11 Å². The van der Waals surface area contributed by atoms with E-state index in [1.165, 1.54) is 0 Å². The van der Waals surface area contributed by atoms with Gasteiger partial charge in [-0.25, -0.2) is 0 Å². The molecule has 0 aliphatic rings. The fourth-order valence-electron chi connectivity index (χ4n) is 0. The van der Waals surface area contributed by atoms with Gasteiger partial charge >= 0.3 is 97.8 Å². The normalized spacial score (nSPS) is 7.50. The van der Waals surface area contributed by atoms with Crippen molar-refractivity contribution in [2.24, 2.45) is 0 Å². The van der Waals surface area contributed by atoms with Gasteiger partial charge in [0.2, 0.25) is 0 Å². The molecule has 0 unspecified atom stereocenters. The van der Waals surface area contributed by atoms with Gasteiger partial charge in [-0.05, 0) is 20.8 Å². The molecule has 2 nitrogen and oxygen atoms in total. The van der Waals surface area contributed by atoms with Crippen molar-refractivity contribution < 1.29 is 16.3 Å². The fourth-order valence-corrected chi connectivity index (χ4v) is 0. The van der Waals surface area contributed by atoms with Gasteiger partial charge in [-0.1, -0.05) is 0 Å². The predicted octanol–water partition coefficient (Wildman–Crippen LogP) is -0.359. The minimum absolute atomic E-state index is 0. The molecule has 0 aromatic carbocycles. The molecular weight excluding hydrogens is 355 g/mol. The molecular formula is C4H16Ba2O2. The third-order valence-corrected chi connectivity index (χ3v) is 0. The van der Waals surface area contributed by atoms with Crippen LogP contribution in [0, 0.1) is 0 Å². The Morgan fingerprint density at radius 1 is 1.12 bits per heavy atom.